The van der Waals surface area contributed by atoms with Gasteiger partial charge < -0.3 is 0 Å². The van der Waals surface area contributed by atoms with Gasteiger partial charge in [-0.05, 0) is 41.5 Å². The molecule has 0 aromatic heterocycles. The number of benzene rings is 1. The Balaban J connectivity index is 3.58. The molecule has 5 heteroatoms. The highest BCUT2D eigenvalue weighted by Crippen LogP contribution is 2.35. The molecule has 1 atom stereocenters. The van der Waals surface area contributed by atoms with Gasteiger partial charge in [0.25, 0.3) is 9.05 Å². The molecule has 0 N–H and O–H groups in total. The summed E-state index contributed by atoms with van der Waals surface area (Å²) in [5.74, 6) is 0.397. The molecule has 0 aliphatic rings. The lowest BCUT2D eigenvalue weighted by molar-refractivity contribution is 0.605. The van der Waals surface area contributed by atoms with Gasteiger partial charge in [-0.3, -0.25) is 0 Å². The summed E-state index contributed by atoms with van der Waals surface area (Å²) >= 11 is 3.51. The van der Waals surface area contributed by atoms with Crippen molar-refractivity contribution in [2.24, 2.45) is 0 Å². The number of halogens is 2. The van der Waals surface area contributed by atoms with Crippen molar-refractivity contribution in [3.05, 3.63) is 27.7 Å². The highest BCUT2D eigenvalue weighted by atomic mass is 79.9. The van der Waals surface area contributed by atoms with Gasteiger partial charge in [-0.1, -0.05) is 43.6 Å². The van der Waals surface area contributed by atoms with Crippen LogP contribution in [-0.4, -0.2) is 8.42 Å². The SMILES string of the molecule is CCC(C)c1cc(Br)c(C(C)C)cc1S(=O)(=O)Cl. The molecule has 0 saturated carbocycles. The summed E-state index contributed by atoms with van der Waals surface area (Å²) in [4.78, 5) is 0.241. The number of hydrogen-bond acceptors (Lipinski definition) is 2. The number of rotatable bonds is 4. The Kier molecular flexibility index (Phi) is 5.27. The third kappa shape index (κ3) is 3.49. The van der Waals surface area contributed by atoms with Crippen LogP contribution in [-0.2, 0) is 9.05 Å². The molecule has 102 valence electrons. The quantitative estimate of drug-likeness (QED) is 0.713. The molecule has 0 radical (unpaired) electrons. The predicted octanol–water partition coefficient (Wildman–Crippen LogP) is 5.01. The third-order valence-electron chi connectivity index (χ3n) is 3.16. The molecule has 1 rings (SSSR count). The molecule has 0 fully saturated rings. The first-order chi connectivity index (χ1) is 8.18. The molecule has 0 bridgehead atoms. The standard InChI is InChI=1S/C13H18BrClO2S/c1-5-9(4)11-6-12(14)10(8(2)3)7-13(11)18(15,16)17/h6-9H,5H2,1-4H3. The Bertz CT molecular complexity index is 538. The lowest BCUT2D eigenvalue weighted by Crippen LogP contribution is -2.04. The molecular formula is C13H18BrClO2S. The van der Waals surface area contributed by atoms with Gasteiger partial charge in [-0.25, -0.2) is 8.42 Å². The molecule has 0 saturated heterocycles. The van der Waals surface area contributed by atoms with E-state index in [-0.39, 0.29) is 16.7 Å². The minimum absolute atomic E-state index is 0.158. The summed E-state index contributed by atoms with van der Waals surface area (Å²) < 4.78 is 24.4. The van der Waals surface area contributed by atoms with Crippen molar-refractivity contribution in [3.8, 4) is 0 Å². The van der Waals surface area contributed by atoms with Crippen LogP contribution in [0, 0.1) is 0 Å². The van der Waals surface area contributed by atoms with Crippen molar-refractivity contribution in [3.63, 3.8) is 0 Å². The highest BCUT2D eigenvalue weighted by molar-refractivity contribution is 9.10. The van der Waals surface area contributed by atoms with Crippen LogP contribution in [0.25, 0.3) is 0 Å². The van der Waals surface area contributed by atoms with Crippen LogP contribution in [0.5, 0.6) is 0 Å². The molecule has 1 unspecified atom stereocenters. The fourth-order valence-electron chi connectivity index (χ4n) is 1.84. The van der Waals surface area contributed by atoms with E-state index in [1.807, 2.05) is 33.8 Å². The van der Waals surface area contributed by atoms with Crippen molar-refractivity contribution in [1.29, 1.82) is 0 Å². The van der Waals surface area contributed by atoms with Gasteiger partial charge in [-0.2, -0.15) is 0 Å². The Morgan fingerprint density at radius 2 is 1.78 bits per heavy atom. The zero-order valence-corrected chi connectivity index (χ0v) is 14.2. The second kappa shape index (κ2) is 5.93. The van der Waals surface area contributed by atoms with E-state index in [0.717, 1.165) is 22.0 Å². The topological polar surface area (TPSA) is 34.1 Å². The molecular weight excluding hydrogens is 336 g/mol. The normalized spacial score (nSPS) is 13.9. The van der Waals surface area contributed by atoms with Gasteiger partial charge in [0.05, 0.1) is 4.90 Å². The van der Waals surface area contributed by atoms with Gasteiger partial charge in [0.1, 0.15) is 0 Å². The summed E-state index contributed by atoms with van der Waals surface area (Å²) in [5.41, 5.74) is 1.74. The highest BCUT2D eigenvalue weighted by Gasteiger charge is 2.22. The van der Waals surface area contributed by atoms with E-state index in [1.54, 1.807) is 6.07 Å². The zero-order valence-electron chi connectivity index (χ0n) is 11.0. The summed E-state index contributed by atoms with van der Waals surface area (Å²) in [6.07, 6.45) is 0.868. The lowest BCUT2D eigenvalue weighted by atomic mass is 9.94. The lowest BCUT2D eigenvalue weighted by Gasteiger charge is -2.17. The molecule has 0 spiro atoms. The van der Waals surface area contributed by atoms with E-state index in [9.17, 15) is 8.42 Å². The number of hydrogen-bond donors (Lipinski definition) is 0. The van der Waals surface area contributed by atoms with E-state index in [0.29, 0.717) is 0 Å². The largest absolute Gasteiger partial charge is 0.261 e. The van der Waals surface area contributed by atoms with Crippen molar-refractivity contribution >= 4 is 35.7 Å². The first-order valence-corrected chi connectivity index (χ1v) is 9.06. The summed E-state index contributed by atoms with van der Waals surface area (Å²) in [6.45, 7) is 8.07. The predicted molar refractivity (Wildman–Crippen MR) is 80.0 cm³/mol. The molecule has 2 nitrogen and oxygen atoms in total. The van der Waals surface area contributed by atoms with Crippen LogP contribution in [0.4, 0.5) is 0 Å². The molecule has 0 aliphatic carbocycles. The Hall–Kier alpha value is -0.0600. The fourth-order valence-corrected chi connectivity index (χ4v) is 3.87. The van der Waals surface area contributed by atoms with E-state index < -0.39 is 9.05 Å². The molecule has 0 aliphatic heterocycles. The third-order valence-corrected chi connectivity index (χ3v) is 5.22. The molecule has 0 heterocycles. The summed E-state index contributed by atoms with van der Waals surface area (Å²) in [6, 6.07) is 3.58. The zero-order chi connectivity index (χ0) is 14.1. The maximum atomic E-state index is 11.7. The van der Waals surface area contributed by atoms with Crippen LogP contribution in [0.1, 0.15) is 57.1 Å². The van der Waals surface area contributed by atoms with E-state index in [1.165, 1.54) is 0 Å². The van der Waals surface area contributed by atoms with Gasteiger partial charge in [0, 0.05) is 15.2 Å². The Morgan fingerprint density at radius 1 is 1.22 bits per heavy atom. The van der Waals surface area contributed by atoms with Gasteiger partial charge in [0.15, 0.2) is 0 Å². The van der Waals surface area contributed by atoms with E-state index in [2.05, 4.69) is 15.9 Å². The fraction of sp³-hybridized carbons (Fsp3) is 0.538. The van der Waals surface area contributed by atoms with Crippen molar-refractivity contribution < 1.29 is 8.42 Å². The van der Waals surface area contributed by atoms with Crippen molar-refractivity contribution in [2.75, 3.05) is 0 Å². The summed E-state index contributed by atoms with van der Waals surface area (Å²) in [7, 11) is 1.84. The van der Waals surface area contributed by atoms with E-state index >= 15 is 0 Å². The molecule has 1 aromatic rings. The Morgan fingerprint density at radius 3 is 2.17 bits per heavy atom. The maximum absolute atomic E-state index is 11.7. The smallest absolute Gasteiger partial charge is 0.207 e. The first-order valence-electron chi connectivity index (χ1n) is 5.96. The average Bonchev–Trinajstić information content (AvgIpc) is 2.25. The van der Waals surface area contributed by atoms with E-state index in [4.69, 9.17) is 10.7 Å². The minimum atomic E-state index is -3.71. The Labute approximate surface area is 122 Å². The molecule has 0 amide bonds. The monoisotopic (exact) mass is 352 g/mol. The summed E-state index contributed by atoms with van der Waals surface area (Å²) in [5, 5.41) is 0. The van der Waals surface area contributed by atoms with Crippen LogP contribution >= 0.6 is 26.6 Å². The van der Waals surface area contributed by atoms with Crippen LogP contribution < -0.4 is 0 Å². The second-order valence-electron chi connectivity index (χ2n) is 4.81. The van der Waals surface area contributed by atoms with Gasteiger partial charge >= 0.3 is 0 Å². The second-order valence-corrected chi connectivity index (χ2v) is 8.20. The van der Waals surface area contributed by atoms with Crippen LogP contribution in [0.2, 0.25) is 0 Å². The van der Waals surface area contributed by atoms with Crippen molar-refractivity contribution in [2.45, 2.75) is 50.8 Å². The molecule has 1 aromatic carbocycles. The van der Waals surface area contributed by atoms with Crippen LogP contribution in [0.15, 0.2) is 21.5 Å². The van der Waals surface area contributed by atoms with Gasteiger partial charge in [0.2, 0.25) is 0 Å². The average molecular weight is 354 g/mol. The minimum Gasteiger partial charge on any atom is -0.207 e. The van der Waals surface area contributed by atoms with Crippen LogP contribution in [0.3, 0.4) is 0 Å². The maximum Gasteiger partial charge on any atom is 0.261 e. The van der Waals surface area contributed by atoms with Crippen molar-refractivity contribution in [1.82, 2.24) is 0 Å². The molecule has 18 heavy (non-hydrogen) atoms. The van der Waals surface area contributed by atoms with Gasteiger partial charge in [-0.15, -0.1) is 0 Å². The first kappa shape index (κ1) is 16.0.